The van der Waals surface area contributed by atoms with Gasteiger partial charge in [-0.25, -0.2) is 9.59 Å². The Morgan fingerprint density at radius 3 is 2.76 bits per heavy atom. The van der Waals surface area contributed by atoms with E-state index in [9.17, 15) is 14.4 Å². The van der Waals surface area contributed by atoms with Crippen molar-refractivity contribution in [2.45, 2.75) is 6.92 Å². The van der Waals surface area contributed by atoms with Crippen molar-refractivity contribution in [3.8, 4) is 11.8 Å². The van der Waals surface area contributed by atoms with Crippen LogP contribution in [0.2, 0.25) is 0 Å². The lowest BCUT2D eigenvalue weighted by molar-refractivity contribution is -0.136. The van der Waals surface area contributed by atoms with E-state index >= 15 is 0 Å². The van der Waals surface area contributed by atoms with Crippen molar-refractivity contribution in [1.29, 1.82) is 0 Å². The normalized spacial score (nSPS) is 9.76. The van der Waals surface area contributed by atoms with Crippen molar-refractivity contribution >= 4 is 22.9 Å². The van der Waals surface area contributed by atoms with Crippen LogP contribution in [-0.2, 0) is 9.53 Å². The molecule has 0 aliphatic carbocycles. The SMILES string of the molecule is CCOC(=O)C#Cc1ccc2oc(C(=O)O)cc(=O)c2c1. The quantitative estimate of drug-likeness (QED) is 0.662. The molecule has 2 aromatic rings. The summed E-state index contributed by atoms with van der Waals surface area (Å²) in [5.74, 6) is 2.43. The lowest BCUT2D eigenvalue weighted by Crippen LogP contribution is -2.06. The molecule has 2 rings (SSSR count). The first kappa shape index (κ1) is 14.3. The number of benzene rings is 1. The maximum Gasteiger partial charge on any atom is 0.384 e. The van der Waals surface area contributed by atoms with E-state index in [-0.39, 0.29) is 17.6 Å². The number of hydrogen-bond donors (Lipinski definition) is 1. The summed E-state index contributed by atoms with van der Waals surface area (Å²) in [6, 6.07) is 5.27. The van der Waals surface area contributed by atoms with E-state index in [2.05, 4.69) is 16.6 Å². The first-order chi connectivity index (χ1) is 10.0. The Hall–Kier alpha value is -3.07. The minimum Gasteiger partial charge on any atom is -0.475 e. The first-order valence-corrected chi connectivity index (χ1v) is 6.01. The molecule has 0 unspecified atom stereocenters. The molecule has 6 nitrogen and oxygen atoms in total. The van der Waals surface area contributed by atoms with E-state index in [1.165, 1.54) is 18.2 Å². The number of fused-ring (bicyclic) bond motifs is 1. The van der Waals surface area contributed by atoms with Crippen LogP contribution in [0.15, 0.2) is 33.5 Å². The maximum atomic E-state index is 11.8. The number of carboxylic acids is 1. The van der Waals surface area contributed by atoms with Crippen molar-refractivity contribution < 1.29 is 23.8 Å². The number of esters is 1. The summed E-state index contributed by atoms with van der Waals surface area (Å²) >= 11 is 0. The van der Waals surface area contributed by atoms with E-state index in [0.29, 0.717) is 5.56 Å². The van der Waals surface area contributed by atoms with Gasteiger partial charge in [-0.2, -0.15) is 0 Å². The Labute approximate surface area is 118 Å². The van der Waals surface area contributed by atoms with Crippen molar-refractivity contribution in [3.63, 3.8) is 0 Å². The second kappa shape index (κ2) is 5.92. The molecule has 1 heterocycles. The number of aromatic carboxylic acids is 1. The molecule has 0 saturated carbocycles. The standard InChI is InChI=1S/C15H10O6/c1-2-20-14(17)6-4-9-3-5-12-10(7-9)11(16)8-13(21-12)15(18)19/h3,5,7-8H,2H2,1H3,(H,18,19). The van der Waals surface area contributed by atoms with Gasteiger partial charge in [-0.15, -0.1) is 0 Å². The zero-order chi connectivity index (χ0) is 15.4. The highest BCUT2D eigenvalue weighted by atomic mass is 16.5. The summed E-state index contributed by atoms with van der Waals surface area (Å²) in [7, 11) is 0. The van der Waals surface area contributed by atoms with Gasteiger partial charge < -0.3 is 14.3 Å². The van der Waals surface area contributed by atoms with Crippen LogP contribution in [0.3, 0.4) is 0 Å². The zero-order valence-corrected chi connectivity index (χ0v) is 11.0. The first-order valence-electron chi connectivity index (χ1n) is 6.01. The lowest BCUT2D eigenvalue weighted by Gasteiger charge is -1.99. The Bertz CT molecular complexity index is 835. The highest BCUT2D eigenvalue weighted by Crippen LogP contribution is 2.14. The highest BCUT2D eigenvalue weighted by Gasteiger charge is 2.10. The summed E-state index contributed by atoms with van der Waals surface area (Å²) in [4.78, 5) is 33.8. The molecule has 1 N–H and O–H groups in total. The van der Waals surface area contributed by atoms with Crippen molar-refractivity contribution in [3.05, 3.63) is 45.8 Å². The molecule has 0 radical (unpaired) electrons. The number of ether oxygens (including phenoxy) is 1. The predicted molar refractivity (Wildman–Crippen MR) is 73.0 cm³/mol. The van der Waals surface area contributed by atoms with Crippen molar-refractivity contribution in [2.24, 2.45) is 0 Å². The Morgan fingerprint density at radius 2 is 2.10 bits per heavy atom. The van der Waals surface area contributed by atoms with Gasteiger partial charge in [0.25, 0.3) is 0 Å². The molecule has 0 spiro atoms. The van der Waals surface area contributed by atoms with E-state index < -0.39 is 23.1 Å². The molecule has 0 saturated heterocycles. The van der Waals surface area contributed by atoms with Gasteiger partial charge in [0.05, 0.1) is 12.0 Å². The second-order valence-electron chi connectivity index (χ2n) is 3.96. The van der Waals surface area contributed by atoms with Crippen LogP contribution in [0.5, 0.6) is 0 Å². The molecule has 0 atom stereocenters. The smallest absolute Gasteiger partial charge is 0.384 e. The third kappa shape index (κ3) is 3.28. The van der Waals surface area contributed by atoms with Gasteiger partial charge in [0.1, 0.15) is 5.58 Å². The van der Waals surface area contributed by atoms with Gasteiger partial charge in [-0.05, 0) is 25.1 Å². The Balaban J connectivity index is 2.45. The van der Waals surface area contributed by atoms with Crippen LogP contribution in [0, 0.1) is 11.8 Å². The largest absolute Gasteiger partial charge is 0.475 e. The Morgan fingerprint density at radius 1 is 1.33 bits per heavy atom. The molecule has 0 aliphatic rings. The summed E-state index contributed by atoms with van der Waals surface area (Å²) < 4.78 is 9.74. The zero-order valence-electron chi connectivity index (χ0n) is 11.0. The third-order valence-corrected chi connectivity index (χ3v) is 2.52. The van der Waals surface area contributed by atoms with Gasteiger partial charge in [-0.3, -0.25) is 4.79 Å². The molecular weight excluding hydrogens is 276 g/mol. The van der Waals surface area contributed by atoms with E-state index in [1.54, 1.807) is 6.92 Å². The van der Waals surface area contributed by atoms with Gasteiger partial charge in [-0.1, -0.05) is 5.92 Å². The molecule has 0 bridgehead atoms. The molecular formula is C15H10O6. The number of carboxylic acid groups (broad SMARTS) is 1. The van der Waals surface area contributed by atoms with E-state index in [1.807, 2.05) is 0 Å². The second-order valence-corrected chi connectivity index (χ2v) is 3.96. The predicted octanol–water partition coefficient (Wildman–Crippen LogP) is 1.41. The number of carbonyl (C=O) groups is 2. The van der Waals surface area contributed by atoms with Crippen LogP contribution >= 0.6 is 0 Å². The van der Waals surface area contributed by atoms with Crippen molar-refractivity contribution in [2.75, 3.05) is 6.61 Å². The van der Waals surface area contributed by atoms with E-state index in [0.717, 1.165) is 6.07 Å². The fourth-order valence-corrected chi connectivity index (χ4v) is 1.63. The molecule has 0 fully saturated rings. The van der Waals surface area contributed by atoms with E-state index in [4.69, 9.17) is 9.52 Å². The fourth-order valence-electron chi connectivity index (χ4n) is 1.63. The maximum absolute atomic E-state index is 11.8. The summed E-state index contributed by atoms with van der Waals surface area (Å²) in [6.07, 6.45) is 0. The van der Waals surface area contributed by atoms with Crippen LogP contribution < -0.4 is 5.43 Å². The van der Waals surface area contributed by atoms with Crippen LogP contribution in [0.1, 0.15) is 23.0 Å². The van der Waals surface area contributed by atoms with Gasteiger partial charge in [0.2, 0.25) is 5.76 Å². The average Bonchev–Trinajstić information content (AvgIpc) is 2.45. The molecule has 6 heteroatoms. The minimum atomic E-state index is -1.32. The number of rotatable bonds is 2. The molecule has 106 valence electrons. The molecule has 0 amide bonds. The van der Waals surface area contributed by atoms with Crippen LogP contribution in [0.4, 0.5) is 0 Å². The van der Waals surface area contributed by atoms with Gasteiger partial charge in [0.15, 0.2) is 5.43 Å². The summed E-state index contributed by atoms with van der Waals surface area (Å²) in [5, 5.41) is 9.00. The third-order valence-electron chi connectivity index (χ3n) is 2.52. The topological polar surface area (TPSA) is 93.8 Å². The van der Waals surface area contributed by atoms with Crippen LogP contribution in [0.25, 0.3) is 11.0 Å². The lowest BCUT2D eigenvalue weighted by atomic mass is 10.1. The van der Waals surface area contributed by atoms with Crippen molar-refractivity contribution in [1.82, 2.24) is 0 Å². The average molecular weight is 286 g/mol. The fraction of sp³-hybridized carbons (Fsp3) is 0.133. The summed E-state index contributed by atoms with van der Waals surface area (Å²) in [5.41, 5.74) is 0.0703. The summed E-state index contributed by atoms with van der Waals surface area (Å²) in [6.45, 7) is 1.90. The van der Waals surface area contributed by atoms with Crippen LogP contribution in [-0.4, -0.2) is 23.7 Å². The van der Waals surface area contributed by atoms with Gasteiger partial charge in [0, 0.05) is 17.6 Å². The molecule has 21 heavy (non-hydrogen) atoms. The molecule has 1 aromatic carbocycles. The van der Waals surface area contributed by atoms with Gasteiger partial charge >= 0.3 is 11.9 Å². The molecule has 1 aromatic heterocycles. The highest BCUT2D eigenvalue weighted by molar-refractivity contribution is 5.90. The Kier molecular flexibility index (Phi) is 4.05. The number of hydrogen-bond acceptors (Lipinski definition) is 5. The molecule has 0 aliphatic heterocycles. The minimum absolute atomic E-state index is 0.140. The monoisotopic (exact) mass is 286 g/mol. The number of carbonyl (C=O) groups excluding carboxylic acids is 1.